The summed E-state index contributed by atoms with van der Waals surface area (Å²) >= 11 is 0. The summed E-state index contributed by atoms with van der Waals surface area (Å²) in [6.07, 6.45) is 6.19. The van der Waals surface area contributed by atoms with Gasteiger partial charge in [0.2, 0.25) is 0 Å². The van der Waals surface area contributed by atoms with Gasteiger partial charge in [-0.05, 0) is 19.8 Å². The fourth-order valence-corrected chi connectivity index (χ4v) is 1.36. The van der Waals surface area contributed by atoms with E-state index in [0.717, 1.165) is 19.5 Å². The SMILES string of the molecule is CCCn1cncc1CNC(C)CC. The van der Waals surface area contributed by atoms with E-state index < -0.39 is 0 Å². The average molecular weight is 195 g/mol. The summed E-state index contributed by atoms with van der Waals surface area (Å²) in [6.45, 7) is 8.58. The molecular weight excluding hydrogens is 174 g/mol. The summed E-state index contributed by atoms with van der Waals surface area (Å²) in [5, 5.41) is 3.47. The number of imidazole rings is 1. The average Bonchev–Trinajstić information content (AvgIpc) is 2.62. The predicted octanol–water partition coefficient (Wildman–Crippen LogP) is 2.18. The van der Waals surface area contributed by atoms with Gasteiger partial charge in [0.15, 0.2) is 0 Å². The molecule has 1 atom stereocenters. The molecular formula is C11H21N3. The molecule has 0 amide bonds. The Kier molecular flexibility index (Phi) is 4.66. The molecule has 1 aromatic heterocycles. The Balaban J connectivity index is 2.45. The standard InChI is InChI=1S/C11H21N3/c1-4-6-14-9-12-7-11(14)8-13-10(3)5-2/h7,9-10,13H,4-6,8H2,1-3H3. The lowest BCUT2D eigenvalue weighted by Crippen LogP contribution is -2.25. The van der Waals surface area contributed by atoms with Crippen molar-refractivity contribution in [3.8, 4) is 0 Å². The lowest BCUT2D eigenvalue weighted by atomic mass is 10.2. The first-order chi connectivity index (χ1) is 6.77. The summed E-state index contributed by atoms with van der Waals surface area (Å²) < 4.78 is 2.22. The molecule has 1 rings (SSSR count). The molecule has 0 bridgehead atoms. The van der Waals surface area contributed by atoms with E-state index in [1.54, 1.807) is 0 Å². The van der Waals surface area contributed by atoms with Gasteiger partial charge >= 0.3 is 0 Å². The minimum absolute atomic E-state index is 0.583. The van der Waals surface area contributed by atoms with Crippen molar-refractivity contribution in [3.63, 3.8) is 0 Å². The third-order valence-electron chi connectivity index (χ3n) is 2.51. The van der Waals surface area contributed by atoms with E-state index in [-0.39, 0.29) is 0 Å². The first kappa shape index (κ1) is 11.2. The number of hydrogen-bond donors (Lipinski definition) is 1. The van der Waals surface area contributed by atoms with Crippen molar-refractivity contribution in [2.45, 2.75) is 52.7 Å². The van der Waals surface area contributed by atoms with Gasteiger partial charge in [-0.25, -0.2) is 4.98 Å². The molecule has 3 nitrogen and oxygen atoms in total. The second-order valence-electron chi connectivity index (χ2n) is 3.77. The van der Waals surface area contributed by atoms with E-state index in [1.165, 1.54) is 12.1 Å². The van der Waals surface area contributed by atoms with Gasteiger partial charge in [0.25, 0.3) is 0 Å². The van der Waals surface area contributed by atoms with Gasteiger partial charge in [-0.1, -0.05) is 13.8 Å². The van der Waals surface area contributed by atoms with Crippen LogP contribution in [0.2, 0.25) is 0 Å². The van der Waals surface area contributed by atoms with E-state index in [4.69, 9.17) is 0 Å². The van der Waals surface area contributed by atoms with Crippen LogP contribution in [0.5, 0.6) is 0 Å². The van der Waals surface area contributed by atoms with Crippen LogP contribution in [0.15, 0.2) is 12.5 Å². The van der Waals surface area contributed by atoms with Crippen LogP contribution in [0.25, 0.3) is 0 Å². The number of hydrogen-bond acceptors (Lipinski definition) is 2. The van der Waals surface area contributed by atoms with Crippen LogP contribution < -0.4 is 5.32 Å². The number of rotatable bonds is 6. The Labute approximate surface area is 86.5 Å². The normalized spacial score (nSPS) is 13.1. The Bertz CT molecular complexity index is 255. The molecule has 0 saturated carbocycles. The molecule has 1 aromatic rings. The number of aromatic nitrogens is 2. The van der Waals surface area contributed by atoms with Gasteiger partial charge in [0.1, 0.15) is 0 Å². The van der Waals surface area contributed by atoms with Gasteiger partial charge in [-0.2, -0.15) is 0 Å². The molecule has 1 unspecified atom stereocenters. The minimum Gasteiger partial charge on any atom is -0.333 e. The van der Waals surface area contributed by atoms with E-state index in [2.05, 4.69) is 35.6 Å². The van der Waals surface area contributed by atoms with Crippen LogP contribution >= 0.6 is 0 Å². The van der Waals surface area contributed by atoms with Crippen molar-refractivity contribution in [2.75, 3.05) is 0 Å². The highest BCUT2D eigenvalue weighted by Crippen LogP contribution is 2.01. The van der Waals surface area contributed by atoms with Gasteiger partial charge in [-0.3, -0.25) is 0 Å². The molecule has 1 N–H and O–H groups in total. The maximum atomic E-state index is 4.17. The summed E-state index contributed by atoms with van der Waals surface area (Å²) in [4.78, 5) is 4.17. The first-order valence-electron chi connectivity index (χ1n) is 5.50. The Hall–Kier alpha value is -0.830. The lowest BCUT2D eigenvalue weighted by molar-refractivity contribution is 0.513. The molecule has 3 heteroatoms. The van der Waals surface area contributed by atoms with Crippen molar-refractivity contribution >= 4 is 0 Å². The van der Waals surface area contributed by atoms with Crippen molar-refractivity contribution in [3.05, 3.63) is 18.2 Å². The fraction of sp³-hybridized carbons (Fsp3) is 0.727. The maximum absolute atomic E-state index is 4.17. The first-order valence-corrected chi connectivity index (χ1v) is 5.50. The monoisotopic (exact) mass is 195 g/mol. The predicted molar refractivity (Wildman–Crippen MR) is 59.1 cm³/mol. The zero-order valence-corrected chi connectivity index (χ0v) is 9.45. The fourth-order valence-electron chi connectivity index (χ4n) is 1.36. The van der Waals surface area contributed by atoms with E-state index in [0.29, 0.717) is 6.04 Å². The zero-order valence-electron chi connectivity index (χ0n) is 9.45. The third-order valence-corrected chi connectivity index (χ3v) is 2.51. The molecule has 1 heterocycles. The Morgan fingerprint density at radius 2 is 2.29 bits per heavy atom. The smallest absolute Gasteiger partial charge is 0.0948 e. The minimum atomic E-state index is 0.583. The molecule has 0 spiro atoms. The summed E-state index contributed by atoms with van der Waals surface area (Å²) in [7, 11) is 0. The summed E-state index contributed by atoms with van der Waals surface area (Å²) in [6, 6.07) is 0.583. The second-order valence-corrected chi connectivity index (χ2v) is 3.77. The van der Waals surface area contributed by atoms with E-state index in [1.807, 2.05) is 12.5 Å². The number of nitrogens with one attached hydrogen (secondary N) is 1. The highest BCUT2D eigenvalue weighted by molar-refractivity contribution is 4.98. The second kappa shape index (κ2) is 5.81. The lowest BCUT2D eigenvalue weighted by Gasteiger charge is -2.12. The molecule has 0 aliphatic rings. The van der Waals surface area contributed by atoms with Gasteiger partial charge in [-0.15, -0.1) is 0 Å². The molecule has 0 radical (unpaired) electrons. The molecule has 0 aromatic carbocycles. The Morgan fingerprint density at radius 3 is 2.93 bits per heavy atom. The molecule has 0 aliphatic heterocycles. The van der Waals surface area contributed by atoms with Gasteiger partial charge < -0.3 is 9.88 Å². The zero-order chi connectivity index (χ0) is 10.4. The summed E-state index contributed by atoms with van der Waals surface area (Å²) in [5.41, 5.74) is 1.28. The highest BCUT2D eigenvalue weighted by atomic mass is 15.1. The van der Waals surface area contributed by atoms with E-state index in [9.17, 15) is 0 Å². The van der Waals surface area contributed by atoms with Crippen molar-refractivity contribution in [1.82, 2.24) is 14.9 Å². The van der Waals surface area contributed by atoms with Crippen LogP contribution in [0.3, 0.4) is 0 Å². The number of nitrogens with zero attached hydrogens (tertiary/aromatic N) is 2. The van der Waals surface area contributed by atoms with Crippen LogP contribution in [0.1, 0.15) is 39.3 Å². The number of aryl methyl sites for hydroxylation is 1. The van der Waals surface area contributed by atoms with Crippen LogP contribution in [-0.4, -0.2) is 15.6 Å². The quantitative estimate of drug-likeness (QED) is 0.754. The molecule has 14 heavy (non-hydrogen) atoms. The molecule has 0 aliphatic carbocycles. The van der Waals surface area contributed by atoms with Crippen molar-refractivity contribution in [2.24, 2.45) is 0 Å². The largest absolute Gasteiger partial charge is 0.333 e. The van der Waals surface area contributed by atoms with Gasteiger partial charge in [0.05, 0.1) is 12.0 Å². The van der Waals surface area contributed by atoms with Crippen LogP contribution in [0, 0.1) is 0 Å². The van der Waals surface area contributed by atoms with Gasteiger partial charge in [0, 0.05) is 25.3 Å². The Morgan fingerprint density at radius 1 is 1.50 bits per heavy atom. The highest BCUT2D eigenvalue weighted by Gasteiger charge is 2.02. The van der Waals surface area contributed by atoms with Crippen LogP contribution in [0.4, 0.5) is 0 Å². The third kappa shape index (κ3) is 3.14. The molecule has 0 fully saturated rings. The van der Waals surface area contributed by atoms with Crippen molar-refractivity contribution < 1.29 is 0 Å². The van der Waals surface area contributed by atoms with Crippen molar-refractivity contribution in [1.29, 1.82) is 0 Å². The van der Waals surface area contributed by atoms with E-state index >= 15 is 0 Å². The maximum Gasteiger partial charge on any atom is 0.0948 e. The summed E-state index contributed by atoms with van der Waals surface area (Å²) in [5.74, 6) is 0. The van der Waals surface area contributed by atoms with Crippen LogP contribution in [-0.2, 0) is 13.1 Å². The molecule has 0 saturated heterocycles. The topological polar surface area (TPSA) is 29.9 Å². The molecule has 80 valence electrons.